The number of rotatable bonds is 8. The molecule has 0 aliphatic carbocycles. The van der Waals surface area contributed by atoms with Crippen LogP contribution in [0.3, 0.4) is 0 Å². The summed E-state index contributed by atoms with van der Waals surface area (Å²) in [6.45, 7) is 5.28. The van der Waals surface area contributed by atoms with Crippen molar-refractivity contribution in [3.8, 4) is 0 Å². The Morgan fingerprint density at radius 2 is 1.73 bits per heavy atom. The molecule has 5 nitrogen and oxygen atoms in total. The van der Waals surface area contributed by atoms with Crippen LogP contribution in [0.25, 0.3) is 0 Å². The SMILES string of the molecule is CN(CCNC(=O)C1CCN(Cc2cccc(N)c2)CC1)Cc1ccccc1.Cl.Cl. The molecule has 0 spiro atoms. The van der Waals surface area contributed by atoms with E-state index in [1.165, 1.54) is 11.1 Å². The van der Waals surface area contributed by atoms with Gasteiger partial charge in [-0.3, -0.25) is 9.69 Å². The van der Waals surface area contributed by atoms with E-state index in [0.29, 0.717) is 6.54 Å². The quantitative estimate of drug-likeness (QED) is 0.600. The summed E-state index contributed by atoms with van der Waals surface area (Å²) < 4.78 is 0. The normalized spacial score (nSPS) is 14.6. The van der Waals surface area contributed by atoms with Gasteiger partial charge >= 0.3 is 0 Å². The van der Waals surface area contributed by atoms with E-state index in [1.54, 1.807) is 0 Å². The highest BCUT2D eigenvalue weighted by molar-refractivity contribution is 5.85. The van der Waals surface area contributed by atoms with Crippen molar-refractivity contribution < 1.29 is 4.79 Å². The number of likely N-dealkylation sites (N-methyl/N-ethyl adjacent to an activating group) is 1. The highest BCUT2D eigenvalue weighted by Crippen LogP contribution is 2.20. The highest BCUT2D eigenvalue weighted by Gasteiger charge is 2.24. The molecule has 0 radical (unpaired) electrons. The zero-order valence-corrected chi connectivity index (χ0v) is 19.3. The van der Waals surface area contributed by atoms with Gasteiger partial charge in [0.1, 0.15) is 0 Å². The maximum atomic E-state index is 12.5. The number of likely N-dealkylation sites (tertiary alicyclic amines) is 1. The Labute approximate surface area is 192 Å². The lowest BCUT2D eigenvalue weighted by molar-refractivity contribution is -0.126. The molecule has 1 amide bonds. The average Bonchev–Trinajstić information content (AvgIpc) is 2.69. The van der Waals surface area contributed by atoms with Crippen molar-refractivity contribution in [2.24, 2.45) is 5.92 Å². The van der Waals surface area contributed by atoms with E-state index in [9.17, 15) is 4.79 Å². The van der Waals surface area contributed by atoms with Gasteiger partial charge in [-0.1, -0.05) is 42.5 Å². The third kappa shape index (κ3) is 8.52. The molecule has 1 saturated heterocycles. The van der Waals surface area contributed by atoms with Crippen LogP contribution in [-0.4, -0.2) is 48.9 Å². The zero-order valence-electron chi connectivity index (χ0n) is 17.6. The number of carbonyl (C=O) groups excluding carboxylic acids is 1. The molecule has 1 aliphatic heterocycles. The summed E-state index contributed by atoms with van der Waals surface area (Å²) in [5.41, 5.74) is 9.21. The summed E-state index contributed by atoms with van der Waals surface area (Å²) in [6.07, 6.45) is 1.85. The van der Waals surface area contributed by atoms with Crippen molar-refractivity contribution in [1.82, 2.24) is 15.1 Å². The molecule has 3 rings (SSSR count). The number of nitrogens with zero attached hydrogens (tertiary/aromatic N) is 2. The average molecular weight is 453 g/mol. The molecule has 1 aliphatic rings. The molecule has 0 aromatic heterocycles. The molecular formula is C23H34Cl2N4O. The van der Waals surface area contributed by atoms with Crippen molar-refractivity contribution in [1.29, 1.82) is 0 Å². The number of carbonyl (C=O) groups is 1. The van der Waals surface area contributed by atoms with Gasteiger partial charge in [-0.25, -0.2) is 0 Å². The van der Waals surface area contributed by atoms with Crippen molar-refractivity contribution in [3.63, 3.8) is 0 Å². The molecular weight excluding hydrogens is 419 g/mol. The van der Waals surface area contributed by atoms with Gasteiger partial charge in [0, 0.05) is 37.8 Å². The van der Waals surface area contributed by atoms with Crippen LogP contribution in [0, 0.1) is 5.92 Å². The van der Waals surface area contributed by atoms with Gasteiger partial charge in [-0.2, -0.15) is 0 Å². The van der Waals surface area contributed by atoms with Gasteiger partial charge in [-0.05, 0) is 56.2 Å². The Morgan fingerprint density at radius 3 is 2.40 bits per heavy atom. The van der Waals surface area contributed by atoms with Crippen molar-refractivity contribution in [2.45, 2.75) is 25.9 Å². The molecule has 0 saturated carbocycles. The molecule has 3 N–H and O–H groups in total. The van der Waals surface area contributed by atoms with Crippen molar-refractivity contribution in [3.05, 3.63) is 65.7 Å². The first-order valence-corrected chi connectivity index (χ1v) is 10.2. The topological polar surface area (TPSA) is 61.6 Å². The largest absolute Gasteiger partial charge is 0.399 e. The number of hydrogen-bond acceptors (Lipinski definition) is 4. The third-order valence-corrected chi connectivity index (χ3v) is 5.40. The molecule has 7 heteroatoms. The standard InChI is InChI=1S/C23H32N4O.2ClH/c1-26(17-19-6-3-2-4-7-19)15-12-25-23(28)21-10-13-27(14-11-21)18-20-8-5-9-22(24)16-20;;/h2-9,16,21H,10-15,17-18,24H2,1H3,(H,25,28);2*1H. The van der Waals surface area contributed by atoms with Crippen molar-refractivity contribution in [2.75, 3.05) is 39.0 Å². The van der Waals surface area contributed by atoms with Gasteiger partial charge in [0.15, 0.2) is 0 Å². The second-order valence-corrected chi connectivity index (χ2v) is 7.81. The fourth-order valence-corrected chi connectivity index (χ4v) is 3.79. The number of halogens is 2. The Bertz CT molecular complexity index is 752. The van der Waals surface area contributed by atoms with Crippen LogP contribution < -0.4 is 11.1 Å². The molecule has 1 heterocycles. The Morgan fingerprint density at radius 1 is 1.07 bits per heavy atom. The summed E-state index contributed by atoms with van der Waals surface area (Å²) >= 11 is 0. The van der Waals surface area contributed by atoms with Gasteiger partial charge in [-0.15, -0.1) is 24.8 Å². The Balaban J connectivity index is 0.00000225. The summed E-state index contributed by atoms with van der Waals surface area (Å²) in [4.78, 5) is 17.1. The molecule has 2 aromatic carbocycles. The van der Waals surface area contributed by atoms with Crippen LogP contribution >= 0.6 is 24.8 Å². The number of anilines is 1. The lowest BCUT2D eigenvalue weighted by Gasteiger charge is -2.31. The minimum absolute atomic E-state index is 0. The molecule has 0 bridgehead atoms. The zero-order chi connectivity index (χ0) is 19.8. The van der Waals surface area contributed by atoms with E-state index >= 15 is 0 Å². The maximum Gasteiger partial charge on any atom is 0.223 e. The molecule has 30 heavy (non-hydrogen) atoms. The first kappa shape index (κ1) is 26.2. The summed E-state index contributed by atoms with van der Waals surface area (Å²) in [6, 6.07) is 18.5. The van der Waals surface area contributed by atoms with Crippen LogP contribution in [0.2, 0.25) is 0 Å². The number of nitrogen functional groups attached to an aromatic ring is 1. The van der Waals surface area contributed by atoms with E-state index in [4.69, 9.17) is 5.73 Å². The van der Waals surface area contributed by atoms with Crippen LogP contribution in [0.15, 0.2) is 54.6 Å². The van der Waals surface area contributed by atoms with Gasteiger partial charge < -0.3 is 16.0 Å². The van der Waals surface area contributed by atoms with E-state index in [-0.39, 0.29) is 36.6 Å². The monoisotopic (exact) mass is 452 g/mol. The second kappa shape index (κ2) is 13.5. The van der Waals surface area contributed by atoms with E-state index in [0.717, 1.165) is 51.3 Å². The first-order chi connectivity index (χ1) is 13.6. The maximum absolute atomic E-state index is 12.5. The number of nitrogens with one attached hydrogen (secondary N) is 1. The number of hydrogen-bond donors (Lipinski definition) is 2. The van der Waals surface area contributed by atoms with E-state index in [1.807, 2.05) is 24.3 Å². The Hall–Kier alpha value is -1.79. The van der Waals surface area contributed by atoms with Crippen LogP contribution in [0.5, 0.6) is 0 Å². The molecule has 166 valence electrons. The molecule has 2 aromatic rings. The fourth-order valence-electron chi connectivity index (χ4n) is 3.79. The molecule has 0 atom stereocenters. The summed E-state index contributed by atoms with van der Waals surface area (Å²) in [5, 5.41) is 3.13. The number of benzene rings is 2. The number of nitrogens with two attached hydrogens (primary N) is 1. The smallest absolute Gasteiger partial charge is 0.223 e. The van der Waals surface area contributed by atoms with Gasteiger partial charge in [0.2, 0.25) is 5.91 Å². The molecule has 0 unspecified atom stereocenters. The van der Waals surface area contributed by atoms with Crippen LogP contribution in [0.4, 0.5) is 5.69 Å². The van der Waals surface area contributed by atoms with Gasteiger partial charge in [0.25, 0.3) is 0 Å². The van der Waals surface area contributed by atoms with Gasteiger partial charge in [0.05, 0.1) is 0 Å². The van der Waals surface area contributed by atoms with E-state index < -0.39 is 0 Å². The summed E-state index contributed by atoms with van der Waals surface area (Å²) in [5.74, 6) is 0.341. The number of piperidine rings is 1. The lowest BCUT2D eigenvalue weighted by atomic mass is 9.95. The Kier molecular flexibility index (Phi) is 11.8. The van der Waals surface area contributed by atoms with Crippen LogP contribution in [0.1, 0.15) is 24.0 Å². The van der Waals surface area contributed by atoms with Crippen LogP contribution in [-0.2, 0) is 17.9 Å². The predicted octanol–water partition coefficient (Wildman–Crippen LogP) is 3.57. The van der Waals surface area contributed by atoms with Crippen molar-refractivity contribution >= 4 is 36.4 Å². The lowest BCUT2D eigenvalue weighted by Crippen LogP contribution is -2.42. The predicted molar refractivity (Wildman–Crippen MR) is 129 cm³/mol. The fraction of sp³-hybridized carbons (Fsp3) is 0.435. The minimum Gasteiger partial charge on any atom is -0.399 e. The number of amides is 1. The highest BCUT2D eigenvalue weighted by atomic mass is 35.5. The second-order valence-electron chi connectivity index (χ2n) is 7.81. The first-order valence-electron chi connectivity index (χ1n) is 10.2. The minimum atomic E-state index is 0. The van der Waals surface area contributed by atoms with E-state index in [2.05, 4.69) is 52.5 Å². The third-order valence-electron chi connectivity index (χ3n) is 5.40. The summed E-state index contributed by atoms with van der Waals surface area (Å²) in [7, 11) is 2.09. The molecule has 1 fully saturated rings.